The Labute approximate surface area is 151 Å². The van der Waals surface area contributed by atoms with E-state index in [0.29, 0.717) is 31.4 Å². The second kappa shape index (κ2) is 8.57. The van der Waals surface area contributed by atoms with Crippen molar-refractivity contribution in [3.8, 4) is 0 Å². The van der Waals surface area contributed by atoms with Gasteiger partial charge in [0.1, 0.15) is 11.1 Å². The molecule has 0 saturated carbocycles. The number of hydrogen-bond donors (Lipinski definition) is 2. The minimum absolute atomic E-state index is 0.00859. The third-order valence-electron chi connectivity index (χ3n) is 4.73. The average molecular weight is 367 g/mol. The van der Waals surface area contributed by atoms with E-state index in [1.807, 2.05) is 4.90 Å². The predicted molar refractivity (Wildman–Crippen MR) is 93.9 cm³/mol. The average Bonchev–Trinajstić information content (AvgIpc) is 3.30. The van der Waals surface area contributed by atoms with Gasteiger partial charge in [0.05, 0.1) is 0 Å². The third kappa shape index (κ3) is 4.88. The summed E-state index contributed by atoms with van der Waals surface area (Å²) in [6, 6.07) is 0. The van der Waals surface area contributed by atoms with E-state index in [0.717, 1.165) is 43.5 Å². The molecule has 1 unspecified atom stereocenters. The zero-order valence-corrected chi connectivity index (χ0v) is 15.1. The van der Waals surface area contributed by atoms with Crippen LogP contribution in [-0.2, 0) is 20.7 Å². The normalized spacial score (nSPS) is 21.4. The SMILES string of the molecule is Nc1nnc(CCCNC(=O)C2CCN(C(=O)C3CCCO3)CC2)s1. The monoisotopic (exact) mass is 367 g/mol. The smallest absolute Gasteiger partial charge is 0.251 e. The zero-order chi connectivity index (χ0) is 17.6. The van der Waals surface area contributed by atoms with Gasteiger partial charge in [-0.25, -0.2) is 0 Å². The van der Waals surface area contributed by atoms with Gasteiger partial charge in [0.15, 0.2) is 0 Å². The Morgan fingerprint density at radius 1 is 1.28 bits per heavy atom. The summed E-state index contributed by atoms with van der Waals surface area (Å²) in [6.07, 6.45) is 4.53. The highest BCUT2D eigenvalue weighted by atomic mass is 32.1. The minimum Gasteiger partial charge on any atom is -0.374 e. The van der Waals surface area contributed by atoms with E-state index in [1.54, 1.807) is 0 Å². The molecule has 3 heterocycles. The van der Waals surface area contributed by atoms with Crippen molar-refractivity contribution in [1.82, 2.24) is 20.4 Å². The number of aryl methyl sites for hydroxylation is 1. The van der Waals surface area contributed by atoms with Gasteiger partial charge in [0.25, 0.3) is 5.91 Å². The number of carbonyl (C=O) groups is 2. The highest BCUT2D eigenvalue weighted by molar-refractivity contribution is 7.15. The maximum atomic E-state index is 12.3. The Hall–Kier alpha value is -1.74. The van der Waals surface area contributed by atoms with Crippen LogP contribution in [0.1, 0.15) is 37.1 Å². The number of ether oxygens (including phenoxy) is 1. The first-order valence-electron chi connectivity index (χ1n) is 8.89. The molecule has 1 aromatic rings. The number of nitrogens with one attached hydrogen (secondary N) is 1. The van der Waals surface area contributed by atoms with Crippen LogP contribution < -0.4 is 11.1 Å². The fourth-order valence-electron chi connectivity index (χ4n) is 3.30. The van der Waals surface area contributed by atoms with Gasteiger partial charge in [-0.1, -0.05) is 11.3 Å². The van der Waals surface area contributed by atoms with Gasteiger partial charge >= 0.3 is 0 Å². The lowest BCUT2D eigenvalue weighted by molar-refractivity contribution is -0.143. The number of rotatable bonds is 6. The second-order valence-electron chi connectivity index (χ2n) is 6.53. The van der Waals surface area contributed by atoms with Crippen molar-refractivity contribution >= 4 is 28.3 Å². The minimum atomic E-state index is -0.264. The molecule has 0 aromatic carbocycles. The Morgan fingerprint density at radius 2 is 2.08 bits per heavy atom. The summed E-state index contributed by atoms with van der Waals surface area (Å²) in [7, 11) is 0. The number of piperidine rings is 1. The first-order valence-corrected chi connectivity index (χ1v) is 9.71. The lowest BCUT2D eigenvalue weighted by Crippen LogP contribution is -2.46. The molecule has 1 aromatic heterocycles. The molecule has 2 aliphatic heterocycles. The molecule has 0 radical (unpaired) electrons. The van der Waals surface area contributed by atoms with Crippen molar-refractivity contribution < 1.29 is 14.3 Å². The lowest BCUT2D eigenvalue weighted by Gasteiger charge is -2.32. The van der Waals surface area contributed by atoms with Gasteiger partial charge in [-0.3, -0.25) is 9.59 Å². The maximum absolute atomic E-state index is 12.3. The molecule has 0 bridgehead atoms. The van der Waals surface area contributed by atoms with Gasteiger partial charge < -0.3 is 20.7 Å². The molecular formula is C16H25N5O3S. The van der Waals surface area contributed by atoms with Crippen LogP contribution in [-0.4, -0.2) is 59.3 Å². The van der Waals surface area contributed by atoms with Crippen LogP contribution >= 0.6 is 11.3 Å². The second-order valence-corrected chi connectivity index (χ2v) is 7.62. The highest BCUT2D eigenvalue weighted by Crippen LogP contribution is 2.21. The number of hydrogen-bond acceptors (Lipinski definition) is 7. The number of amides is 2. The van der Waals surface area contributed by atoms with Crippen molar-refractivity contribution in [3.63, 3.8) is 0 Å². The molecular weight excluding hydrogens is 342 g/mol. The molecule has 0 spiro atoms. The molecule has 138 valence electrons. The Morgan fingerprint density at radius 3 is 2.72 bits per heavy atom. The highest BCUT2D eigenvalue weighted by Gasteiger charge is 2.32. The molecule has 8 nitrogen and oxygen atoms in total. The standard InChI is InChI=1S/C16H25N5O3S/c17-16-20-19-13(25-16)4-1-7-18-14(22)11-5-8-21(9-6-11)15(23)12-3-2-10-24-12/h11-12H,1-10H2,(H2,17,20)(H,18,22). The molecule has 1 atom stereocenters. The van der Waals surface area contributed by atoms with E-state index in [1.165, 1.54) is 11.3 Å². The van der Waals surface area contributed by atoms with Crippen molar-refractivity contribution in [3.05, 3.63) is 5.01 Å². The van der Waals surface area contributed by atoms with Crippen molar-refractivity contribution in [2.75, 3.05) is 32.0 Å². The molecule has 9 heteroatoms. The summed E-state index contributed by atoms with van der Waals surface area (Å²) >= 11 is 1.38. The molecule has 0 aliphatic carbocycles. The molecule has 2 aliphatic rings. The first-order chi connectivity index (χ1) is 12.1. The van der Waals surface area contributed by atoms with E-state index in [4.69, 9.17) is 10.5 Å². The first kappa shape index (κ1) is 18.1. The summed E-state index contributed by atoms with van der Waals surface area (Å²) in [5.74, 6) is 0.166. The van der Waals surface area contributed by atoms with Crippen LogP contribution in [0.2, 0.25) is 0 Å². The van der Waals surface area contributed by atoms with Crippen molar-refractivity contribution in [2.45, 2.75) is 44.6 Å². The number of aromatic nitrogens is 2. The van der Waals surface area contributed by atoms with Crippen LogP contribution in [0.4, 0.5) is 5.13 Å². The molecule has 3 N–H and O–H groups in total. The van der Waals surface area contributed by atoms with Crippen LogP contribution in [0.5, 0.6) is 0 Å². The van der Waals surface area contributed by atoms with E-state index in [2.05, 4.69) is 15.5 Å². The summed E-state index contributed by atoms with van der Waals surface area (Å²) in [4.78, 5) is 26.4. The van der Waals surface area contributed by atoms with Crippen LogP contribution in [0.15, 0.2) is 0 Å². The fraction of sp³-hybridized carbons (Fsp3) is 0.750. The third-order valence-corrected chi connectivity index (χ3v) is 5.54. The van der Waals surface area contributed by atoms with Crippen LogP contribution in [0.3, 0.4) is 0 Å². The van der Waals surface area contributed by atoms with Crippen LogP contribution in [0, 0.1) is 5.92 Å². The van der Waals surface area contributed by atoms with Crippen molar-refractivity contribution in [2.24, 2.45) is 5.92 Å². The van der Waals surface area contributed by atoms with Gasteiger partial charge in [-0.05, 0) is 32.1 Å². The van der Waals surface area contributed by atoms with Gasteiger partial charge in [-0.15, -0.1) is 10.2 Å². The molecule has 2 saturated heterocycles. The van der Waals surface area contributed by atoms with Gasteiger partial charge in [-0.2, -0.15) is 0 Å². The lowest BCUT2D eigenvalue weighted by atomic mass is 9.95. The van der Waals surface area contributed by atoms with E-state index < -0.39 is 0 Å². The topological polar surface area (TPSA) is 110 Å². The Kier molecular flexibility index (Phi) is 6.19. The number of nitrogens with two attached hydrogens (primary N) is 1. The largest absolute Gasteiger partial charge is 0.374 e. The summed E-state index contributed by atoms with van der Waals surface area (Å²) in [5, 5.41) is 12.1. The number of anilines is 1. The Bertz CT molecular complexity index is 594. The number of carbonyl (C=O) groups excluding carboxylic acids is 2. The number of likely N-dealkylation sites (tertiary alicyclic amines) is 1. The number of nitrogens with zero attached hydrogens (tertiary/aromatic N) is 3. The Balaban J connectivity index is 1.33. The van der Waals surface area contributed by atoms with E-state index in [-0.39, 0.29) is 23.8 Å². The van der Waals surface area contributed by atoms with Gasteiger partial charge in [0.2, 0.25) is 11.0 Å². The predicted octanol–water partition coefficient (Wildman–Crippen LogP) is 0.587. The maximum Gasteiger partial charge on any atom is 0.251 e. The quantitative estimate of drug-likeness (QED) is 0.712. The van der Waals surface area contributed by atoms with Gasteiger partial charge in [0, 0.05) is 38.6 Å². The summed E-state index contributed by atoms with van der Waals surface area (Å²) in [6.45, 7) is 2.58. The summed E-state index contributed by atoms with van der Waals surface area (Å²) < 4.78 is 5.46. The molecule has 2 fully saturated rings. The van der Waals surface area contributed by atoms with Crippen LogP contribution in [0.25, 0.3) is 0 Å². The molecule has 2 amide bonds. The van der Waals surface area contributed by atoms with Crippen molar-refractivity contribution in [1.29, 1.82) is 0 Å². The molecule has 25 heavy (non-hydrogen) atoms. The summed E-state index contributed by atoms with van der Waals surface area (Å²) in [5.41, 5.74) is 5.54. The van der Waals surface area contributed by atoms with E-state index >= 15 is 0 Å². The molecule has 3 rings (SSSR count). The fourth-order valence-corrected chi connectivity index (χ4v) is 3.95. The zero-order valence-electron chi connectivity index (χ0n) is 14.3. The van der Waals surface area contributed by atoms with E-state index in [9.17, 15) is 9.59 Å². The number of nitrogen functional groups attached to an aromatic ring is 1.